The van der Waals surface area contributed by atoms with Crippen LogP contribution in [0.1, 0.15) is 13.3 Å². The lowest BCUT2D eigenvalue weighted by molar-refractivity contribution is 0.607. The number of allylic oxidation sites excluding steroid dienone is 1. The second-order valence-corrected chi connectivity index (χ2v) is 8.29. The van der Waals surface area contributed by atoms with Gasteiger partial charge in [-0.1, -0.05) is 19.2 Å². The van der Waals surface area contributed by atoms with E-state index in [1.807, 2.05) is 0 Å². The summed E-state index contributed by atoms with van der Waals surface area (Å²) < 4.78 is 2.56. The molecular formula is C8H17NSi. The summed E-state index contributed by atoms with van der Waals surface area (Å²) in [5, 5.41) is 0. The second-order valence-electron chi connectivity index (χ2n) is 3.59. The third kappa shape index (κ3) is 1.43. The van der Waals surface area contributed by atoms with Crippen LogP contribution in [-0.2, 0) is 0 Å². The smallest absolute Gasteiger partial charge is 0.149 e. The fourth-order valence-corrected chi connectivity index (χ4v) is 4.21. The molecule has 1 saturated heterocycles. The third-order valence-corrected chi connectivity index (χ3v) is 5.80. The van der Waals surface area contributed by atoms with Gasteiger partial charge in [0.15, 0.2) is 0 Å². The fourth-order valence-electron chi connectivity index (χ4n) is 1.58. The van der Waals surface area contributed by atoms with E-state index < -0.39 is 8.24 Å². The van der Waals surface area contributed by atoms with Gasteiger partial charge in [-0.25, -0.2) is 0 Å². The second kappa shape index (κ2) is 2.78. The lowest BCUT2D eigenvalue weighted by atomic mass is 10.5. The molecule has 1 aliphatic rings. The van der Waals surface area contributed by atoms with Crippen LogP contribution in [0, 0.1) is 0 Å². The Kier molecular flexibility index (Phi) is 2.19. The number of nitrogens with zero attached hydrogens (tertiary/aromatic N) is 1. The molecular weight excluding hydrogens is 138 g/mol. The van der Waals surface area contributed by atoms with Crippen LogP contribution in [0.3, 0.4) is 0 Å². The molecule has 0 aromatic carbocycles. The van der Waals surface area contributed by atoms with Crippen LogP contribution < -0.4 is 0 Å². The molecule has 0 bridgehead atoms. The standard InChI is InChI=1S/C8H17NSi/c1-4-6-9-7-5-8-10(9,2)3/h4,6H,5,7-8H2,1-3H3/b6-4-. The largest absolute Gasteiger partial charge is 0.404 e. The molecule has 1 fully saturated rings. The highest BCUT2D eigenvalue weighted by molar-refractivity contribution is 6.75. The summed E-state index contributed by atoms with van der Waals surface area (Å²) in [5.41, 5.74) is 0. The minimum absolute atomic E-state index is 0.944. The summed E-state index contributed by atoms with van der Waals surface area (Å²) >= 11 is 0. The van der Waals surface area contributed by atoms with E-state index in [0.29, 0.717) is 0 Å². The number of rotatable bonds is 1. The molecule has 0 aromatic heterocycles. The highest BCUT2D eigenvalue weighted by Crippen LogP contribution is 2.25. The molecule has 0 atom stereocenters. The predicted molar refractivity (Wildman–Crippen MR) is 48.4 cm³/mol. The average molecular weight is 155 g/mol. The van der Waals surface area contributed by atoms with Crippen molar-refractivity contribution in [3.63, 3.8) is 0 Å². The van der Waals surface area contributed by atoms with E-state index in [4.69, 9.17) is 0 Å². The molecule has 0 N–H and O–H groups in total. The summed E-state index contributed by atoms with van der Waals surface area (Å²) in [6.07, 6.45) is 5.82. The van der Waals surface area contributed by atoms with Crippen LogP contribution in [0.2, 0.25) is 19.1 Å². The van der Waals surface area contributed by atoms with Gasteiger partial charge < -0.3 is 4.57 Å². The lowest BCUT2D eigenvalue weighted by Crippen LogP contribution is -2.38. The van der Waals surface area contributed by atoms with Crippen LogP contribution >= 0.6 is 0 Å². The molecule has 0 radical (unpaired) electrons. The quantitative estimate of drug-likeness (QED) is 0.526. The minimum atomic E-state index is -0.944. The van der Waals surface area contributed by atoms with E-state index in [0.717, 1.165) is 0 Å². The molecule has 0 spiro atoms. The molecule has 58 valence electrons. The van der Waals surface area contributed by atoms with Crippen molar-refractivity contribution in [2.75, 3.05) is 6.54 Å². The van der Waals surface area contributed by atoms with Crippen LogP contribution in [0.15, 0.2) is 12.3 Å². The van der Waals surface area contributed by atoms with Crippen molar-refractivity contribution < 1.29 is 0 Å². The lowest BCUT2D eigenvalue weighted by Gasteiger charge is -2.27. The Labute approximate surface area is 64.8 Å². The van der Waals surface area contributed by atoms with Crippen molar-refractivity contribution in [3.8, 4) is 0 Å². The first-order valence-corrected chi connectivity index (χ1v) is 7.22. The van der Waals surface area contributed by atoms with E-state index in [9.17, 15) is 0 Å². The fraction of sp³-hybridized carbons (Fsp3) is 0.750. The Morgan fingerprint density at radius 2 is 2.10 bits per heavy atom. The average Bonchev–Trinajstić information content (AvgIpc) is 2.13. The molecule has 1 aliphatic heterocycles. The van der Waals surface area contributed by atoms with Gasteiger partial charge in [0.1, 0.15) is 8.24 Å². The maximum Gasteiger partial charge on any atom is 0.149 e. The Balaban J connectivity index is 2.59. The Bertz CT molecular complexity index is 140. The van der Waals surface area contributed by atoms with Crippen molar-refractivity contribution in [1.82, 2.24) is 4.57 Å². The summed E-state index contributed by atoms with van der Waals surface area (Å²) in [7, 11) is -0.944. The maximum absolute atomic E-state index is 2.56. The number of hydrogen-bond acceptors (Lipinski definition) is 1. The Morgan fingerprint density at radius 1 is 1.40 bits per heavy atom. The summed E-state index contributed by atoms with van der Waals surface area (Å²) in [4.78, 5) is 0. The van der Waals surface area contributed by atoms with E-state index in [1.165, 1.54) is 19.0 Å². The molecule has 2 heteroatoms. The Morgan fingerprint density at radius 3 is 2.50 bits per heavy atom. The summed E-state index contributed by atoms with van der Waals surface area (Å²) in [6.45, 7) is 8.28. The zero-order chi connectivity index (χ0) is 7.61. The SMILES string of the molecule is C/C=C\N1CCC[Si]1(C)C. The molecule has 0 aromatic rings. The Hall–Kier alpha value is -0.243. The first kappa shape index (κ1) is 7.86. The normalized spacial score (nSPS) is 24.5. The zero-order valence-electron chi connectivity index (χ0n) is 7.22. The van der Waals surface area contributed by atoms with Crippen LogP contribution in [0.4, 0.5) is 0 Å². The van der Waals surface area contributed by atoms with Gasteiger partial charge in [0.05, 0.1) is 0 Å². The highest BCUT2D eigenvalue weighted by atomic mass is 28.3. The minimum Gasteiger partial charge on any atom is -0.404 e. The summed E-state index contributed by atoms with van der Waals surface area (Å²) in [6, 6.07) is 1.47. The van der Waals surface area contributed by atoms with Gasteiger partial charge in [-0.15, -0.1) is 0 Å². The zero-order valence-corrected chi connectivity index (χ0v) is 8.22. The van der Waals surface area contributed by atoms with Crippen molar-refractivity contribution in [1.29, 1.82) is 0 Å². The van der Waals surface area contributed by atoms with Gasteiger partial charge in [0.2, 0.25) is 0 Å². The van der Waals surface area contributed by atoms with Crippen molar-refractivity contribution >= 4 is 8.24 Å². The van der Waals surface area contributed by atoms with Gasteiger partial charge in [-0.3, -0.25) is 0 Å². The molecule has 0 saturated carbocycles. The topological polar surface area (TPSA) is 3.24 Å². The van der Waals surface area contributed by atoms with Gasteiger partial charge in [0, 0.05) is 6.54 Å². The molecule has 1 heterocycles. The third-order valence-electron chi connectivity index (χ3n) is 2.29. The highest BCUT2D eigenvalue weighted by Gasteiger charge is 2.31. The molecule has 0 unspecified atom stereocenters. The molecule has 1 nitrogen and oxygen atoms in total. The molecule has 10 heavy (non-hydrogen) atoms. The van der Waals surface area contributed by atoms with Crippen molar-refractivity contribution in [3.05, 3.63) is 12.3 Å². The van der Waals surface area contributed by atoms with E-state index >= 15 is 0 Å². The molecule has 0 aliphatic carbocycles. The van der Waals surface area contributed by atoms with Crippen molar-refractivity contribution in [2.45, 2.75) is 32.5 Å². The molecule has 1 rings (SSSR count). The van der Waals surface area contributed by atoms with Crippen LogP contribution in [-0.4, -0.2) is 19.3 Å². The monoisotopic (exact) mass is 155 g/mol. The van der Waals surface area contributed by atoms with Gasteiger partial charge in [-0.05, 0) is 25.6 Å². The van der Waals surface area contributed by atoms with E-state index in [2.05, 4.69) is 36.9 Å². The first-order valence-electron chi connectivity index (χ1n) is 4.06. The molecule has 0 amide bonds. The van der Waals surface area contributed by atoms with Gasteiger partial charge in [-0.2, -0.15) is 0 Å². The van der Waals surface area contributed by atoms with E-state index in [1.54, 1.807) is 0 Å². The van der Waals surface area contributed by atoms with Gasteiger partial charge >= 0.3 is 0 Å². The van der Waals surface area contributed by atoms with Crippen LogP contribution in [0.5, 0.6) is 0 Å². The van der Waals surface area contributed by atoms with Crippen LogP contribution in [0.25, 0.3) is 0 Å². The first-order chi connectivity index (χ1) is 4.67. The van der Waals surface area contributed by atoms with E-state index in [-0.39, 0.29) is 0 Å². The predicted octanol–water partition coefficient (Wildman–Crippen LogP) is 2.43. The van der Waals surface area contributed by atoms with Crippen molar-refractivity contribution in [2.24, 2.45) is 0 Å². The number of hydrogen-bond donors (Lipinski definition) is 0. The summed E-state index contributed by atoms with van der Waals surface area (Å²) in [5.74, 6) is 0. The van der Waals surface area contributed by atoms with Gasteiger partial charge in [0.25, 0.3) is 0 Å². The maximum atomic E-state index is 2.56.